The van der Waals surface area contributed by atoms with E-state index >= 15 is 0 Å². The van der Waals surface area contributed by atoms with Gasteiger partial charge in [0.25, 0.3) is 0 Å². The molecule has 0 unspecified atom stereocenters. The van der Waals surface area contributed by atoms with E-state index in [1.54, 1.807) is 0 Å². The molecule has 1 fully saturated rings. The molecular formula is C23H31N5. The predicted molar refractivity (Wildman–Crippen MR) is 114 cm³/mol. The Labute approximate surface area is 167 Å². The topological polar surface area (TPSA) is 45.5 Å². The number of pyridine rings is 2. The van der Waals surface area contributed by atoms with Gasteiger partial charge < -0.3 is 9.72 Å². The van der Waals surface area contributed by atoms with Crippen molar-refractivity contribution in [2.24, 2.45) is 0 Å². The van der Waals surface area contributed by atoms with Gasteiger partial charge in [-0.15, -0.1) is 0 Å². The quantitative estimate of drug-likeness (QED) is 0.657. The molecule has 2 atom stereocenters. The summed E-state index contributed by atoms with van der Waals surface area (Å²) in [5.74, 6) is 0. The van der Waals surface area contributed by atoms with E-state index in [1.807, 2.05) is 19.3 Å². The smallest absolute Gasteiger partial charge is 0.137 e. The van der Waals surface area contributed by atoms with E-state index in [0.29, 0.717) is 12.1 Å². The Morgan fingerprint density at radius 2 is 1.93 bits per heavy atom. The largest absolute Gasteiger partial charge is 0.320 e. The van der Waals surface area contributed by atoms with E-state index in [2.05, 4.69) is 59.1 Å². The monoisotopic (exact) mass is 377 g/mol. The highest BCUT2D eigenvalue weighted by molar-refractivity contribution is 5.44. The lowest BCUT2D eigenvalue weighted by Crippen LogP contribution is -2.34. The second kappa shape index (κ2) is 8.41. The summed E-state index contributed by atoms with van der Waals surface area (Å²) in [7, 11) is 4.27. The average molecular weight is 378 g/mol. The molecule has 148 valence electrons. The Bertz CT molecular complexity index is 932. The molecule has 1 aliphatic heterocycles. The number of aryl methyl sites for hydroxylation is 2. The molecule has 0 amide bonds. The van der Waals surface area contributed by atoms with Crippen molar-refractivity contribution < 1.29 is 0 Å². The summed E-state index contributed by atoms with van der Waals surface area (Å²) in [6.07, 6.45) is 9.76. The van der Waals surface area contributed by atoms with Crippen LogP contribution in [-0.2, 0) is 6.42 Å². The molecule has 0 radical (unpaired) electrons. The van der Waals surface area contributed by atoms with E-state index in [1.165, 1.54) is 29.1 Å². The Hall–Kier alpha value is -2.24. The van der Waals surface area contributed by atoms with Gasteiger partial charge in [-0.2, -0.15) is 0 Å². The predicted octanol–water partition coefficient (Wildman–Crippen LogP) is 4.09. The van der Waals surface area contributed by atoms with Crippen LogP contribution in [0.25, 0.3) is 5.65 Å². The fourth-order valence-electron chi connectivity index (χ4n) is 4.65. The van der Waals surface area contributed by atoms with Crippen LogP contribution in [0.1, 0.15) is 60.4 Å². The van der Waals surface area contributed by atoms with Crippen LogP contribution < -0.4 is 5.32 Å². The number of nitrogens with zero attached hydrogens (tertiary/aromatic N) is 4. The summed E-state index contributed by atoms with van der Waals surface area (Å²) in [4.78, 5) is 12.3. The van der Waals surface area contributed by atoms with Crippen molar-refractivity contribution in [1.29, 1.82) is 0 Å². The molecular weight excluding hydrogens is 346 g/mol. The second-order valence-electron chi connectivity index (χ2n) is 7.91. The standard InChI is InChI=1S/C23H31N5/c1-17-9-7-15-25-22(17)18-10-6-11-19(27(18)3)23-20(12-8-14-24-2)28-16-5-4-13-21(28)26-23/h4-5,7,9,13,15-16,18-19,24H,6,8,10-12,14H2,1-3H3/t18-,19+/m0/s1. The van der Waals surface area contributed by atoms with Crippen molar-refractivity contribution in [2.75, 3.05) is 20.6 Å². The Morgan fingerprint density at radius 3 is 2.71 bits per heavy atom. The first-order valence-electron chi connectivity index (χ1n) is 10.4. The molecule has 1 aliphatic rings. The van der Waals surface area contributed by atoms with Gasteiger partial charge in [0.1, 0.15) is 5.65 Å². The van der Waals surface area contributed by atoms with Gasteiger partial charge in [0.15, 0.2) is 0 Å². The maximum Gasteiger partial charge on any atom is 0.137 e. The first kappa shape index (κ1) is 19.1. The first-order valence-corrected chi connectivity index (χ1v) is 10.4. The Kier molecular flexibility index (Phi) is 5.74. The maximum absolute atomic E-state index is 5.10. The molecule has 0 spiro atoms. The van der Waals surface area contributed by atoms with Crippen LogP contribution in [0.5, 0.6) is 0 Å². The number of rotatable bonds is 6. The number of hydrogen-bond donors (Lipinski definition) is 1. The fraction of sp³-hybridized carbons (Fsp3) is 0.478. The molecule has 1 saturated heterocycles. The number of aromatic nitrogens is 3. The number of nitrogens with one attached hydrogen (secondary N) is 1. The third-order valence-electron chi connectivity index (χ3n) is 6.12. The summed E-state index contributed by atoms with van der Waals surface area (Å²) in [6, 6.07) is 11.2. The lowest BCUT2D eigenvalue weighted by Gasteiger charge is -2.39. The lowest BCUT2D eigenvalue weighted by atomic mass is 9.90. The van der Waals surface area contributed by atoms with Crippen LogP contribution in [0.2, 0.25) is 0 Å². The summed E-state index contributed by atoms with van der Waals surface area (Å²) in [5, 5.41) is 3.27. The molecule has 3 aromatic heterocycles. The fourth-order valence-corrected chi connectivity index (χ4v) is 4.65. The maximum atomic E-state index is 5.10. The summed E-state index contributed by atoms with van der Waals surface area (Å²) in [6.45, 7) is 3.20. The molecule has 0 aromatic carbocycles. The number of likely N-dealkylation sites (tertiary alicyclic amines) is 1. The summed E-state index contributed by atoms with van der Waals surface area (Å²) < 4.78 is 2.29. The summed E-state index contributed by atoms with van der Waals surface area (Å²) >= 11 is 0. The molecule has 5 nitrogen and oxygen atoms in total. The van der Waals surface area contributed by atoms with Crippen LogP contribution in [-0.4, -0.2) is 39.9 Å². The zero-order valence-electron chi connectivity index (χ0n) is 17.2. The molecule has 0 bridgehead atoms. The highest BCUT2D eigenvalue weighted by Crippen LogP contribution is 2.41. The van der Waals surface area contributed by atoms with Gasteiger partial charge in [0.05, 0.1) is 23.5 Å². The first-order chi connectivity index (χ1) is 13.7. The molecule has 4 rings (SSSR count). The lowest BCUT2D eigenvalue weighted by molar-refractivity contribution is 0.108. The molecule has 5 heteroatoms. The zero-order valence-corrected chi connectivity index (χ0v) is 17.2. The van der Waals surface area contributed by atoms with Crippen molar-refractivity contribution in [3.8, 4) is 0 Å². The highest BCUT2D eigenvalue weighted by atomic mass is 15.2. The van der Waals surface area contributed by atoms with E-state index in [9.17, 15) is 0 Å². The molecule has 1 N–H and O–H groups in total. The van der Waals surface area contributed by atoms with Gasteiger partial charge in [-0.3, -0.25) is 9.88 Å². The SMILES string of the molecule is CNCCCc1c([C@H]2CCC[C@@H](c3ncccc3C)N2C)nc2ccccn12. The van der Waals surface area contributed by atoms with Crippen LogP contribution in [0.15, 0.2) is 42.7 Å². The third-order valence-corrected chi connectivity index (χ3v) is 6.12. The number of fused-ring (bicyclic) bond motifs is 1. The minimum absolute atomic E-state index is 0.338. The van der Waals surface area contributed by atoms with Crippen LogP contribution in [0, 0.1) is 6.92 Å². The molecule has 0 saturated carbocycles. The Morgan fingerprint density at radius 1 is 1.11 bits per heavy atom. The van der Waals surface area contributed by atoms with Gasteiger partial charge >= 0.3 is 0 Å². The van der Waals surface area contributed by atoms with Gasteiger partial charge in [0, 0.05) is 18.1 Å². The van der Waals surface area contributed by atoms with Crippen LogP contribution >= 0.6 is 0 Å². The second-order valence-corrected chi connectivity index (χ2v) is 7.91. The van der Waals surface area contributed by atoms with E-state index in [0.717, 1.165) is 37.9 Å². The van der Waals surface area contributed by atoms with Crippen molar-refractivity contribution in [3.63, 3.8) is 0 Å². The molecule has 4 heterocycles. The molecule has 3 aromatic rings. The van der Waals surface area contributed by atoms with Crippen molar-refractivity contribution in [3.05, 3.63) is 65.4 Å². The number of piperidine rings is 1. The van der Waals surface area contributed by atoms with E-state index < -0.39 is 0 Å². The zero-order chi connectivity index (χ0) is 19.5. The van der Waals surface area contributed by atoms with Gasteiger partial charge in [-0.1, -0.05) is 12.1 Å². The summed E-state index contributed by atoms with van der Waals surface area (Å²) in [5.41, 5.74) is 6.17. The third kappa shape index (κ3) is 3.56. The number of imidazole rings is 1. The highest BCUT2D eigenvalue weighted by Gasteiger charge is 2.34. The van der Waals surface area contributed by atoms with Crippen molar-refractivity contribution in [1.82, 2.24) is 24.6 Å². The van der Waals surface area contributed by atoms with Gasteiger partial charge in [0.2, 0.25) is 0 Å². The van der Waals surface area contributed by atoms with E-state index in [-0.39, 0.29) is 0 Å². The van der Waals surface area contributed by atoms with Gasteiger partial charge in [-0.05, 0) is 83.4 Å². The average Bonchev–Trinajstić information content (AvgIpc) is 3.08. The van der Waals surface area contributed by atoms with Gasteiger partial charge in [-0.25, -0.2) is 4.98 Å². The van der Waals surface area contributed by atoms with E-state index in [4.69, 9.17) is 9.97 Å². The number of hydrogen-bond acceptors (Lipinski definition) is 4. The minimum atomic E-state index is 0.338. The van der Waals surface area contributed by atoms with Crippen molar-refractivity contribution in [2.45, 2.75) is 51.1 Å². The van der Waals surface area contributed by atoms with Crippen LogP contribution in [0.4, 0.5) is 0 Å². The van der Waals surface area contributed by atoms with Crippen molar-refractivity contribution >= 4 is 5.65 Å². The molecule has 0 aliphatic carbocycles. The normalized spacial score (nSPS) is 20.7. The van der Waals surface area contributed by atoms with Crippen LogP contribution in [0.3, 0.4) is 0 Å². The minimum Gasteiger partial charge on any atom is -0.320 e. The molecule has 28 heavy (non-hydrogen) atoms. The Balaban J connectivity index is 1.70.